The van der Waals surface area contributed by atoms with E-state index in [-0.39, 0.29) is 11.5 Å². The number of hydrogen-bond donors (Lipinski definition) is 1. The molecular weight excluding hydrogens is 504 g/mol. The smallest absolute Gasteiger partial charge is 0.267 e. The van der Waals surface area contributed by atoms with Gasteiger partial charge in [0.15, 0.2) is 5.65 Å². The maximum Gasteiger partial charge on any atom is 0.267 e. The maximum atomic E-state index is 14.1. The summed E-state index contributed by atoms with van der Waals surface area (Å²) in [6.07, 6.45) is 6.83. The number of nitrogens with one attached hydrogen (secondary N) is 1. The molecular formula is C30H24N8O2. The number of fused-ring (bicyclic) bond motifs is 2. The molecule has 0 saturated carbocycles. The molecule has 0 fully saturated rings. The van der Waals surface area contributed by atoms with Gasteiger partial charge in [0.1, 0.15) is 11.4 Å². The van der Waals surface area contributed by atoms with Crippen molar-refractivity contribution in [3.63, 3.8) is 0 Å². The largest absolute Gasteiger partial charge is 0.342 e. The van der Waals surface area contributed by atoms with E-state index in [9.17, 15) is 9.59 Å². The van der Waals surface area contributed by atoms with Crippen molar-refractivity contribution < 1.29 is 4.79 Å². The number of hydrogen-bond acceptors (Lipinski definition) is 6. The monoisotopic (exact) mass is 528 g/mol. The van der Waals surface area contributed by atoms with Crippen LogP contribution in [0.25, 0.3) is 22.2 Å². The highest BCUT2D eigenvalue weighted by Gasteiger charge is 2.24. The highest BCUT2D eigenvalue weighted by molar-refractivity contribution is 6.01. The van der Waals surface area contributed by atoms with Crippen LogP contribution in [0.2, 0.25) is 0 Å². The van der Waals surface area contributed by atoms with Crippen LogP contribution in [0.15, 0.2) is 84.2 Å². The number of aromatic nitrogens is 7. The quantitative estimate of drug-likeness (QED) is 0.351. The van der Waals surface area contributed by atoms with Crippen LogP contribution in [0.3, 0.4) is 0 Å². The average molecular weight is 529 g/mol. The molecule has 196 valence electrons. The van der Waals surface area contributed by atoms with Crippen molar-refractivity contribution in [2.45, 2.75) is 19.9 Å². The Bertz CT molecular complexity index is 2030. The molecule has 0 aliphatic carbocycles. The first kappa shape index (κ1) is 24.8. The Morgan fingerprint density at radius 2 is 1.88 bits per heavy atom. The number of aryl methyl sites for hydroxylation is 2. The molecule has 0 bridgehead atoms. The summed E-state index contributed by atoms with van der Waals surface area (Å²) in [5.41, 5.74) is 3.50. The molecule has 0 saturated heterocycles. The van der Waals surface area contributed by atoms with Gasteiger partial charge in [-0.3, -0.25) is 18.8 Å². The summed E-state index contributed by atoms with van der Waals surface area (Å²) in [4.78, 5) is 36.8. The van der Waals surface area contributed by atoms with Crippen molar-refractivity contribution >= 4 is 22.5 Å². The van der Waals surface area contributed by atoms with Crippen LogP contribution in [0, 0.1) is 18.8 Å². The minimum absolute atomic E-state index is 0.280. The SMILES string of the molecule is Cc1nn2cccnc2c1C(=O)N[C@H](C)c1nc2cccc(C#Cc3cnn(C)c3)c2c(=O)n1-c1ccccc1. The van der Waals surface area contributed by atoms with E-state index in [2.05, 4.69) is 32.3 Å². The van der Waals surface area contributed by atoms with Crippen LogP contribution >= 0.6 is 0 Å². The molecule has 10 heteroatoms. The van der Waals surface area contributed by atoms with Crippen LogP contribution in [0.4, 0.5) is 0 Å². The Kier molecular flexibility index (Phi) is 6.16. The number of para-hydroxylation sites is 1. The highest BCUT2D eigenvalue weighted by Crippen LogP contribution is 2.21. The Labute approximate surface area is 228 Å². The van der Waals surface area contributed by atoms with Gasteiger partial charge in [0.05, 0.1) is 40.1 Å². The fourth-order valence-electron chi connectivity index (χ4n) is 4.69. The zero-order valence-corrected chi connectivity index (χ0v) is 22.0. The molecule has 0 radical (unpaired) electrons. The standard InChI is InChI=1S/C30H24N8O2/c1-19-25(28-31-15-8-16-37(28)35-19)29(39)33-20(2)27-34-24-12-7-9-22(14-13-21-17-32-36(3)18-21)26(24)30(40)38(27)23-10-5-4-6-11-23/h4-12,15-18,20H,1-3H3,(H,33,39)/t20-/m1/s1. The van der Waals surface area contributed by atoms with Crippen molar-refractivity contribution in [3.05, 3.63) is 118 Å². The fourth-order valence-corrected chi connectivity index (χ4v) is 4.69. The molecule has 0 spiro atoms. The second kappa shape index (κ2) is 9.96. The van der Waals surface area contributed by atoms with Crippen LogP contribution in [-0.2, 0) is 7.05 Å². The second-order valence-electron chi connectivity index (χ2n) is 9.34. The van der Waals surface area contributed by atoms with Gasteiger partial charge < -0.3 is 5.32 Å². The van der Waals surface area contributed by atoms with Gasteiger partial charge in [0, 0.05) is 31.2 Å². The van der Waals surface area contributed by atoms with E-state index in [1.165, 1.54) is 4.57 Å². The Hall–Kier alpha value is -5.56. The van der Waals surface area contributed by atoms with Crippen molar-refractivity contribution in [2.24, 2.45) is 7.05 Å². The maximum absolute atomic E-state index is 14.1. The van der Waals surface area contributed by atoms with Gasteiger partial charge >= 0.3 is 0 Å². The number of carbonyl (C=O) groups is 1. The second-order valence-corrected chi connectivity index (χ2v) is 9.34. The van der Waals surface area contributed by atoms with Crippen LogP contribution in [-0.4, -0.2) is 39.8 Å². The number of rotatable bonds is 4. The summed E-state index contributed by atoms with van der Waals surface area (Å²) < 4.78 is 4.77. The molecule has 40 heavy (non-hydrogen) atoms. The third-order valence-corrected chi connectivity index (χ3v) is 6.52. The van der Waals surface area contributed by atoms with Gasteiger partial charge in [0.2, 0.25) is 0 Å². The van der Waals surface area contributed by atoms with Crippen LogP contribution < -0.4 is 10.9 Å². The molecule has 0 aliphatic heterocycles. The Morgan fingerprint density at radius 3 is 2.65 bits per heavy atom. The number of benzene rings is 2. The summed E-state index contributed by atoms with van der Waals surface area (Å²) in [7, 11) is 1.82. The summed E-state index contributed by atoms with van der Waals surface area (Å²) >= 11 is 0. The third kappa shape index (κ3) is 4.39. The van der Waals surface area contributed by atoms with Gasteiger partial charge in [-0.15, -0.1) is 0 Å². The predicted octanol–water partition coefficient (Wildman–Crippen LogP) is 3.36. The van der Waals surface area contributed by atoms with E-state index in [1.807, 2.05) is 49.6 Å². The van der Waals surface area contributed by atoms with Gasteiger partial charge in [-0.2, -0.15) is 10.2 Å². The first-order valence-corrected chi connectivity index (χ1v) is 12.6. The molecule has 1 N–H and O–H groups in total. The molecule has 0 aliphatic rings. The normalized spacial score (nSPS) is 11.8. The fraction of sp³-hybridized carbons (Fsp3) is 0.133. The molecule has 1 amide bonds. The zero-order chi connectivity index (χ0) is 27.8. The van der Waals surface area contributed by atoms with Gasteiger partial charge in [-0.05, 0) is 44.2 Å². The topological polar surface area (TPSA) is 112 Å². The summed E-state index contributed by atoms with van der Waals surface area (Å²) in [5.74, 6) is 6.22. The van der Waals surface area contributed by atoms with E-state index >= 15 is 0 Å². The van der Waals surface area contributed by atoms with E-state index < -0.39 is 6.04 Å². The van der Waals surface area contributed by atoms with Crippen molar-refractivity contribution in [3.8, 4) is 17.5 Å². The lowest BCUT2D eigenvalue weighted by molar-refractivity contribution is 0.0938. The van der Waals surface area contributed by atoms with Crippen molar-refractivity contribution in [2.75, 3.05) is 0 Å². The molecule has 4 aromatic heterocycles. The lowest BCUT2D eigenvalue weighted by atomic mass is 10.1. The first-order valence-electron chi connectivity index (χ1n) is 12.6. The van der Waals surface area contributed by atoms with Crippen LogP contribution in [0.1, 0.15) is 46.0 Å². The lowest BCUT2D eigenvalue weighted by Crippen LogP contribution is -2.33. The lowest BCUT2D eigenvalue weighted by Gasteiger charge is -2.20. The first-order chi connectivity index (χ1) is 19.4. The van der Waals surface area contributed by atoms with Gasteiger partial charge in [-0.1, -0.05) is 36.1 Å². The molecule has 6 aromatic rings. The minimum atomic E-state index is -0.631. The van der Waals surface area contributed by atoms with Crippen LogP contribution in [0.5, 0.6) is 0 Å². The van der Waals surface area contributed by atoms with E-state index in [0.717, 1.165) is 5.56 Å². The Morgan fingerprint density at radius 1 is 1.05 bits per heavy atom. The summed E-state index contributed by atoms with van der Waals surface area (Å²) in [6.45, 7) is 3.56. The molecule has 6 rings (SSSR count). The molecule has 2 aromatic carbocycles. The van der Waals surface area contributed by atoms with Gasteiger partial charge in [-0.25, -0.2) is 14.5 Å². The van der Waals surface area contributed by atoms with Gasteiger partial charge in [0.25, 0.3) is 11.5 Å². The molecule has 4 heterocycles. The Balaban J connectivity index is 1.48. The van der Waals surface area contributed by atoms with E-state index in [4.69, 9.17) is 4.98 Å². The number of nitrogens with zero attached hydrogens (tertiary/aromatic N) is 7. The third-order valence-electron chi connectivity index (χ3n) is 6.52. The number of amides is 1. The average Bonchev–Trinajstić information content (AvgIpc) is 3.53. The zero-order valence-electron chi connectivity index (χ0n) is 22.0. The summed E-state index contributed by atoms with van der Waals surface area (Å²) in [6, 6.07) is 15.7. The summed E-state index contributed by atoms with van der Waals surface area (Å²) in [5, 5.41) is 11.9. The van der Waals surface area contributed by atoms with E-state index in [0.29, 0.717) is 44.9 Å². The number of carbonyl (C=O) groups excluding carboxylic acids is 1. The molecule has 0 unspecified atom stereocenters. The van der Waals surface area contributed by atoms with E-state index in [1.54, 1.807) is 59.8 Å². The van der Waals surface area contributed by atoms with Crippen molar-refractivity contribution in [1.29, 1.82) is 0 Å². The molecule has 1 atom stereocenters. The molecule has 10 nitrogen and oxygen atoms in total. The minimum Gasteiger partial charge on any atom is -0.342 e. The highest BCUT2D eigenvalue weighted by atomic mass is 16.2. The van der Waals surface area contributed by atoms with Crippen molar-refractivity contribution in [1.82, 2.24) is 39.2 Å². The predicted molar refractivity (Wildman–Crippen MR) is 150 cm³/mol.